The van der Waals surface area contributed by atoms with Crippen molar-refractivity contribution in [2.45, 2.75) is 36.9 Å². The molecule has 130 valence electrons. The van der Waals surface area contributed by atoms with Crippen LogP contribution < -0.4 is 0 Å². The third kappa shape index (κ3) is 5.16. The summed E-state index contributed by atoms with van der Waals surface area (Å²) >= 11 is 4.51. The molecule has 4 heteroatoms. The normalized spacial score (nSPS) is 16.3. The fourth-order valence-electron chi connectivity index (χ4n) is 2.91. The molecule has 0 saturated carbocycles. The summed E-state index contributed by atoms with van der Waals surface area (Å²) < 4.78 is 1.34. The maximum absolute atomic E-state index is 10.9. The third-order valence-electron chi connectivity index (χ3n) is 4.50. The summed E-state index contributed by atoms with van der Waals surface area (Å²) in [6.07, 6.45) is 3.21. The van der Waals surface area contributed by atoms with Crippen LogP contribution in [0.5, 0.6) is 0 Å². The number of halogens is 2. The van der Waals surface area contributed by atoms with E-state index < -0.39 is 11.2 Å². The van der Waals surface area contributed by atoms with Gasteiger partial charge in [0.1, 0.15) is 0 Å². The number of benzene rings is 2. The summed E-state index contributed by atoms with van der Waals surface area (Å²) in [7, 11) is 0. The number of alkyl halides is 2. The minimum Gasteiger partial charge on any atom is -0.384 e. The van der Waals surface area contributed by atoms with Crippen molar-refractivity contribution in [1.29, 1.82) is 0 Å². The minimum absolute atomic E-state index is 0.671. The van der Waals surface area contributed by atoms with Gasteiger partial charge in [0.15, 0.2) is 0 Å². The third-order valence-corrected chi connectivity index (χ3v) is 7.02. The molecule has 0 spiro atoms. The zero-order valence-corrected chi connectivity index (χ0v) is 18.0. The summed E-state index contributed by atoms with van der Waals surface area (Å²) in [4.78, 5) is 0. The van der Waals surface area contributed by atoms with Crippen molar-refractivity contribution in [3.63, 3.8) is 0 Å². The zero-order valence-electron chi connectivity index (χ0n) is 13.7. The summed E-state index contributed by atoms with van der Waals surface area (Å²) in [5.41, 5.74) is 0.395. The Morgan fingerprint density at radius 1 is 0.625 bits per heavy atom. The highest BCUT2D eigenvalue weighted by atomic mass is 127. The number of hydrogen-bond acceptors (Lipinski definition) is 2. The molecule has 0 fully saturated rings. The van der Waals surface area contributed by atoms with Gasteiger partial charge in [-0.05, 0) is 24.0 Å². The molecule has 2 atom stereocenters. The van der Waals surface area contributed by atoms with Gasteiger partial charge in [-0.25, -0.2) is 0 Å². The van der Waals surface area contributed by atoms with E-state index in [0.717, 1.165) is 24.0 Å². The lowest BCUT2D eigenvalue weighted by Crippen LogP contribution is -2.29. The molecule has 0 aliphatic rings. The van der Waals surface area contributed by atoms with Crippen LogP contribution in [0.15, 0.2) is 60.7 Å². The lowest BCUT2D eigenvalue weighted by atomic mass is 9.87. The number of aliphatic hydroxyl groups is 2. The largest absolute Gasteiger partial charge is 0.384 e. The number of unbranched alkanes of at least 4 members (excludes halogenated alkanes) is 1. The number of rotatable bonds is 9. The van der Waals surface area contributed by atoms with E-state index in [1.54, 1.807) is 0 Å². The fraction of sp³-hybridized carbons (Fsp3) is 0.400. The average molecular weight is 550 g/mol. The van der Waals surface area contributed by atoms with Crippen molar-refractivity contribution in [3.8, 4) is 0 Å². The summed E-state index contributed by atoms with van der Waals surface area (Å²) in [6.45, 7) is 0. The van der Waals surface area contributed by atoms with Gasteiger partial charge in [0.25, 0.3) is 0 Å². The molecular weight excluding hydrogens is 526 g/mol. The molecule has 2 nitrogen and oxygen atoms in total. The summed E-state index contributed by atoms with van der Waals surface area (Å²) in [5, 5.41) is 21.8. The Morgan fingerprint density at radius 3 is 1.25 bits per heavy atom. The Balaban J connectivity index is 1.93. The maximum atomic E-state index is 10.9. The number of hydrogen-bond donors (Lipinski definition) is 2. The van der Waals surface area contributed by atoms with Gasteiger partial charge in [0, 0.05) is 8.86 Å². The standard InChI is InChI=1S/C20H24I2O2/c21-15-19(23,17-9-3-1-4-10-17)13-7-8-14-20(24,16-22)18-11-5-2-6-12-18/h1-6,9-12,23-24H,7-8,13-16H2. The van der Waals surface area contributed by atoms with Crippen molar-refractivity contribution in [2.24, 2.45) is 0 Å². The highest BCUT2D eigenvalue weighted by Gasteiger charge is 2.30. The van der Waals surface area contributed by atoms with E-state index in [4.69, 9.17) is 0 Å². The molecule has 0 aromatic heterocycles. The van der Waals surface area contributed by atoms with E-state index in [2.05, 4.69) is 45.2 Å². The van der Waals surface area contributed by atoms with Crippen molar-refractivity contribution in [2.75, 3.05) is 8.86 Å². The molecule has 2 unspecified atom stereocenters. The molecule has 0 heterocycles. The Hall–Kier alpha value is -0.180. The van der Waals surface area contributed by atoms with Crippen LogP contribution in [0, 0.1) is 0 Å². The van der Waals surface area contributed by atoms with Crippen LogP contribution in [0.3, 0.4) is 0 Å². The second-order valence-corrected chi connectivity index (χ2v) is 7.80. The van der Waals surface area contributed by atoms with E-state index >= 15 is 0 Å². The lowest BCUT2D eigenvalue weighted by molar-refractivity contribution is 0.0378. The molecule has 2 aromatic rings. The van der Waals surface area contributed by atoms with Crippen LogP contribution in [-0.2, 0) is 11.2 Å². The zero-order chi connectivity index (χ0) is 17.5. The van der Waals surface area contributed by atoms with Gasteiger partial charge in [-0.2, -0.15) is 0 Å². The van der Waals surface area contributed by atoms with Gasteiger partial charge >= 0.3 is 0 Å². The van der Waals surface area contributed by atoms with Crippen LogP contribution in [0.2, 0.25) is 0 Å². The van der Waals surface area contributed by atoms with Gasteiger partial charge in [-0.15, -0.1) is 0 Å². The molecule has 2 N–H and O–H groups in total. The Morgan fingerprint density at radius 2 is 0.958 bits per heavy atom. The van der Waals surface area contributed by atoms with Crippen molar-refractivity contribution in [3.05, 3.63) is 71.8 Å². The molecule has 0 aliphatic heterocycles. The average Bonchev–Trinajstić information content (AvgIpc) is 2.66. The van der Waals surface area contributed by atoms with Crippen LogP contribution in [0.1, 0.15) is 36.8 Å². The molecule has 2 aromatic carbocycles. The first-order valence-corrected chi connectivity index (χ1v) is 11.3. The molecule has 0 bridgehead atoms. The first-order chi connectivity index (χ1) is 11.5. The van der Waals surface area contributed by atoms with Crippen LogP contribution in [0.4, 0.5) is 0 Å². The Labute approximate surface area is 172 Å². The van der Waals surface area contributed by atoms with Crippen molar-refractivity contribution in [1.82, 2.24) is 0 Å². The van der Waals surface area contributed by atoms with Gasteiger partial charge in [-0.3, -0.25) is 0 Å². The molecular formula is C20H24I2O2. The van der Waals surface area contributed by atoms with E-state index in [0.29, 0.717) is 21.7 Å². The molecule has 0 aliphatic carbocycles. The van der Waals surface area contributed by atoms with Gasteiger partial charge in [0.05, 0.1) is 11.2 Å². The molecule has 2 rings (SSSR count). The van der Waals surface area contributed by atoms with E-state index in [-0.39, 0.29) is 0 Å². The Kier molecular flexibility index (Phi) is 7.97. The second-order valence-electron chi connectivity index (χ2n) is 6.27. The predicted octanol–water partition coefficient (Wildman–Crippen LogP) is 5.19. The monoisotopic (exact) mass is 550 g/mol. The summed E-state index contributed by atoms with van der Waals surface area (Å²) in [6, 6.07) is 19.8. The van der Waals surface area contributed by atoms with Crippen LogP contribution in [0.25, 0.3) is 0 Å². The minimum atomic E-state index is -0.781. The predicted molar refractivity (Wildman–Crippen MR) is 117 cm³/mol. The Bertz CT molecular complexity index is 550. The van der Waals surface area contributed by atoms with Crippen molar-refractivity contribution < 1.29 is 10.2 Å². The summed E-state index contributed by atoms with van der Waals surface area (Å²) in [5.74, 6) is 0. The lowest BCUT2D eigenvalue weighted by Gasteiger charge is -2.29. The van der Waals surface area contributed by atoms with E-state index in [1.807, 2.05) is 60.7 Å². The van der Waals surface area contributed by atoms with E-state index in [1.165, 1.54) is 0 Å². The first kappa shape index (κ1) is 20.1. The topological polar surface area (TPSA) is 40.5 Å². The maximum Gasteiger partial charge on any atom is 0.0985 e. The smallest absolute Gasteiger partial charge is 0.0985 e. The van der Waals surface area contributed by atoms with Crippen LogP contribution in [-0.4, -0.2) is 19.1 Å². The highest BCUT2D eigenvalue weighted by molar-refractivity contribution is 14.1. The van der Waals surface area contributed by atoms with Crippen molar-refractivity contribution >= 4 is 45.2 Å². The fourth-order valence-corrected chi connectivity index (χ4v) is 4.55. The highest BCUT2D eigenvalue weighted by Crippen LogP contribution is 2.33. The first-order valence-electron chi connectivity index (χ1n) is 8.22. The molecule has 0 amide bonds. The SMILES string of the molecule is OC(CI)(CCCCC(O)(CI)c1ccccc1)c1ccccc1. The molecule has 0 radical (unpaired) electrons. The van der Waals surface area contributed by atoms with Gasteiger partial charge in [0.2, 0.25) is 0 Å². The second kappa shape index (κ2) is 9.50. The molecule has 24 heavy (non-hydrogen) atoms. The van der Waals surface area contributed by atoms with Gasteiger partial charge < -0.3 is 10.2 Å². The molecule has 0 saturated heterocycles. The van der Waals surface area contributed by atoms with E-state index in [9.17, 15) is 10.2 Å². The van der Waals surface area contributed by atoms with Crippen LogP contribution >= 0.6 is 45.2 Å². The van der Waals surface area contributed by atoms with Gasteiger partial charge in [-0.1, -0.05) is 119 Å². The quantitative estimate of drug-likeness (QED) is 0.257.